The molecule has 0 saturated carbocycles. The van der Waals surface area contributed by atoms with Crippen LogP contribution in [0.1, 0.15) is 33.6 Å². The number of hydrogen-bond donors (Lipinski definition) is 1. The number of likely N-dealkylation sites (tertiary alicyclic amines) is 1. The summed E-state index contributed by atoms with van der Waals surface area (Å²) in [5.74, 6) is 0.414. The van der Waals surface area contributed by atoms with Gasteiger partial charge in [0.15, 0.2) is 5.60 Å². The van der Waals surface area contributed by atoms with Crippen LogP contribution in [0, 0.1) is 5.92 Å². The van der Waals surface area contributed by atoms with Gasteiger partial charge < -0.3 is 24.8 Å². The van der Waals surface area contributed by atoms with Gasteiger partial charge >= 0.3 is 12.1 Å². The van der Waals surface area contributed by atoms with E-state index in [9.17, 15) is 9.59 Å². The number of hydrogen-bond acceptors (Lipinski definition) is 8. The lowest BCUT2D eigenvalue weighted by molar-refractivity contribution is -0.161. The standard InChI is InChI=1S/C24H28Cl2N4O5/c1-14(2)34-23(32)30-9-7-15(8-10-30)13-33-21(31)24(3,4)35-16-5-6-17(18(25)11-16)19-12-20(26)29-22(27)28-19/h5-6,11-12,15H,1,7-10,13H2,2-4H3,(H2,27,28,29). The number of halogens is 2. The second-order valence-corrected chi connectivity index (χ2v) is 9.58. The highest BCUT2D eigenvalue weighted by Gasteiger charge is 2.33. The van der Waals surface area contributed by atoms with Crippen LogP contribution in [0.25, 0.3) is 11.3 Å². The Hall–Kier alpha value is -3.04. The molecule has 188 valence electrons. The molecule has 3 rings (SSSR count). The lowest BCUT2D eigenvalue weighted by Gasteiger charge is -2.31. The third kappa shape index (κ3) is 7.22. The molecule has 0 atom stereocenters. The number of carbonyl (C=O) groups excluding carboxylic acids is 2. The van der Waals surface area contributed by atoms with E-state index in [0.717, 1.165) is 0 Å². The number of carbonyl (C=O) groups is 2. The predicted molar refractivity (Wildman–Crippen MR) is 133 cm³/mol. The van der Waals surface area contributed by atoms with Gasteiger partial charge in [0, 0.05) is 24.7 Å². The van der Waals surface area contributed by atoms with Crippen molar-refractivity contribution >= 4 is 41.2 Å². The van der Waals surface area contributed by atoms with Gasteiger partial charge in [-0.05, 0) is 57.7 Å². The maximum Gasteiger partial charge on any atom is 0.414 e. The number of ether oxygens (including phenoxy) is 3. The molecule has 2 heterocycles. The molecule has 2 N–H and O–H groups in total. The average Bonchev–Trinajstić information content (AvgIpc) is 2.76. The molecule has 9 nitrogen and oxygen atoms in total. The van der Waals surface area contributed by atoms with E-state index < -0.39 is 17.7 Å². The van der Waals surface area contributed by atoms with Crippen molar-refractivity contribution in [2.24, 2.45) is 5.92 Å². The summed E-state index contributed by atoms with van der Waals surface area (Å²) < 4.78 is 16.5. The Morgan fingerprint density at radius 2 is 1.89 bits per heavy atom. The van der Waals surface area contributed by atoms with Crippen LogP contribution in [0.15, 0.2) is 36.6 Å². The molecule has 1 aromatic heterocycles. The molecule has 1 saturated heterocycles. The molecule has 1 fully saturated rings. The number of anilines is 1. The summed E-state index contributed by atoms with van der Waals surface area (Å²) in [4.78, 5) is 34.3. The van der Waals surface area contributed by atoms with Crippen LogP contribution in [-0.4, -0.2) is 52.2 Å². The normalized spacial score (nSPS) is 14.4. The minimum Gasteiger partial charge on any atom is -0.476 e. The second kappa shape index (κ2) is 11.1. The Bertz CT molecular complexity index is 1100. The van der Waals surface area contributed by atoms with E-state index in [1.807, 2.05) is 0 Å². The molecule has 35 heavy (non-hydrogen) atoms. The van der Waals surface area contributed by atoms with E-state index in [0.29, 0.717) is 53.7 Å². The highest BCUT2D eigenvalue weighted by molar-refractivity contribution is 6.33. The monoisotopic (exact) mass is 522 g/mol. The fourth-order valence-corrected chi connectivity index (χ4v) is 4.00. The van der Waals surface area contributed by atoms with Crippen LogP contribution in [0.3, 0.4) is 0 Å². The third-order valence-electron chi connectivity index (χ3n) is 5.38. The molecule has 0 radical (unpaired) electrons. The molecule has 1 aromatic carbocycles. The van der Waals surface area contributed by atoms with Crippen molar-refractivity contribution in [3.63, 3.8) is 0 Å². The van der Waals surface area contributed by atoms with Gasteiger partial charge in [-0.2, -0.15) is 0 Å². The lowest BCUT2D eigenvalue weighted by Crippen LogP contribution is -2.42. The Morgan fingerprint density at radius 1 is 1.20 bits per heavy atom. The smallest absolute Gasteiger partial charge is 0.414 e. The molecular formula is C24H28Cl2N4O5. The number of rotatable bonds is 7. The fourth-order valence-electron chi connectivity index (χ4n) is 3.54. The van der Waals surface area contributed by atoms with E-state index in [1.165, 1.54) is 0 Å². The third-order valence-corrected chi connectivity index (χ3v) is 5.88. The van der Waals surface area contributed by atoms with E-state index >= 15 is 0 Å². The van der Waals surface area contributed by atoms with Crippen LogP contribution >= 0.6 is 23.2 Å². The molecule has 0 unspecified atom stereocenters. The molecule has 0 spiro atoms. The zero-order valence-corrected chi connectivity index (χ0v) is 21.4. The molecule has 0 aliphatic carbocycles. The van der Waals surface area contributed by atoms with Crippen molar-refractivity contribution in [1.29, 1.82) is 0 Å². The number of allylic oxidation sites excluding steroid dienone is 1. The Morgan fingerprint density at radius 3 is 2.49 bits per heavy atom. The number of nitrogens with zero attached hydrogens (tertiary/aromatic N) is 3. The highest BCUT2D eigenvalue weighted by Crippen LogP contribution is 2.33. The summed E-state index contributed by atoms with van der Waals surface area (Å²) >= 11 is 12.4. The first-order valence-corrected chi connectivity index (χ1v) is 11.8. The van der Waals surface area contributed by atoms with Crippen LogP contribution in [0.4, 0.5) is 10.7 Å². The fraction of sp³-hybridized carbons (Fsp3) is 0.417. The molecule has 1 aliphatic rings. The van der Waals surface area contributed by atoms with Crippen LogP contribution in [0.5, 0.6) is 5.75 Å². The lowest BCUT2D eigenvalue weighted by atomic mass is 9.98. The summed E-state index contributed by atoms with van der Waals surface area (Å²) in [7, 11) is 0. The van der Waals surface area contributed by atoms with E-state index in [4.69, 9.17) is 43.1 Å². The summed E-state index contributed by atoms with van der Waals surface area (Å²) in [6, 6.07) is 6.50. The SMILES string of the molecule is C=C(C)OC(=O)N1CCC(COC(=O)C(C)(C)Oc2ccc(-c3cc(Cl)nc(N)n3)c(Cl)c2)CC1. The minimum absolute atomic E-state index is 0.0326. The number of benzene rings is 1. The maximum absolute atomic E-state index is 12.7. The van der Waals surface area contributed by atoms with Crippen molar-refractivity contribution in [3.8, 4) is 17.0 Å². The topological polar surface area (TPSA) is 117 Å². The Kier molecular flexibility index (Phi) is 8.45. The summed E-state index contributed by atoms with van der Waals surface area (Å²) in [6.45, 7) is 9.75. The van der Waals surface area contributed by atoms with E-state index in [2.05, 4.69) is 16.5 Å². The van der Waals surface area contributed by atoms with Gasteiger partial charge in [-0.25, -0.2) is 19.6 Å². The summed E-state index contributed by atoms with van der Waals surface area (Å²) in [5, 5.41) is 0.544. The Balaban J connectivity index is 1.54. The zero-order valence-electron chi connectivity index (χ0n) is 19.8. The summed E-state index contributed by atoms with van der Waals surface area (Å²) in [6.07, 6.45) is 1.00. The van der Waals surface area contributed by atoms with Gasteiger partial charge in [0.1, 0.15) is 10.9 Å². The largest absolute Gasteiger partial charge is 0.476 e. The van der Waals surface area contributed by atoms with Gasteiger partial charge in [-0.3, -0.25) is 0 Å². The second-order valence-electron chi connectivity index (χ2n) is 8.79. The Labute approximate surface area is 214 Å². The average molecular weight is 523 g/mol. The van der Waals surface area contributed by atoms with E-state index in [1.54, 1.807) is 49.9 Å². The number of piperidine rings is 1. The first kappa shape index (κ1) is 26.6. The zero-order chi connectivity index (χ0) is 25.8. The van der Waals surface area contributed by atoms with Crippen LogP contribution in [0.2, 0.25) is 10.2 Å². The van der Waals surface area contributed by atoms with E-state index in [-0.39, 0.29) is 23.6 Å². The first-order chi connectivity index (χ1) is 16.4. The number of nitrogens with two attached hydrogens (primary N) is 1. The molecule has 1 aliphatic heterocycles. The van der Waals surface area contributed by atoms with Crippen molar-refractivity contribution < 1.29 is 23.8 Å². The first-order valence-electron chi connectivity index (χ1n) is 11.0. The number of nitrogen functional groups attached to an aromatic ring is 1. The van der Waals surface area contributed by atoms with Gasteiger partial charge in [-0.1, -0.05) is 29.8 Å². The summed E-state index contributed by atoms with van der Waals surface area (Å²) in [5.41, 5.74) is 5.47. The van der Waals surface area contributed by atoms with Crippen molar-refractivity contribution in [2.45, 2.75) is 39.2 Å². The maximum atomic E-state index is 12.7. The van der Waals surface area contributed by atoms with Gasteiger partial charge in [0.05, 0.1) is 23.1 Å². The molecular weight excluding hydrogens is 495 g/mol. The van der Waals surface area contributed by atoms with Crippen molar-refractivity contribution in [1.82, 2.24) is 14.9 Å². The van der Waals surface area contributed by atoms with Gasteiger partial charge in [0.2, 0.25) is 5.95 Å². The van der Waals surface area contributed by atoms with Gasteiger partial charge in [-0.15, -0.1) is 0 Å². The molecule has 1 amide bonds. The van der Waals surface area contributed by atoms with Crippen LogP contribution < -0.4 is 10.5 Å². The highest BCUT2D eigenvalue weighted by atomic mass is 35.5. The minimum atomic E-state index is -1.25. The van der Waals surface area contributed by atoms with Gasteiger partial charge in [0.25, 0.3) is 0 Å². The van der Waals surface area contributed by atoms with Crippen molar-refractivity contribution in [2.75, 3.05) is 25.4 Å². The molecule has 0 bridgehead atoms. The predicted octanol–water partition coefficient (Wildman–Crippen LogP) is 5.12. The molecule has 2 aromatic rings. The molecule has 11 heteroatoms. The number of amides is 1. The number of aromatic nitrogens is 2. The van der Waals surface area contributed by atoms with Crippen molar-refractivity contribution in [3.05, 3.63) is 46.8 Å². The van der Waals surface area contributed by atoms with Crippen LogP contribution in [-0.2, 0) is 14.3 Å². The number of esters is 1. The quantitative estimate of drug-likeness (QED) is 0.302.